The van der Waals surface area contributed by atoms with Gasteiger partial charge in [0.25, 0.3) is 0 Å². The summed E-state index contributed by atoms with van der Waals surface area (Å²) in [5, 5.41) is 0. The van der Waals surface area contributed by atoms with E-state index >= 15 is 0 Å². The van der Waals surface area contributed by atoms with E-state index in [1.165, 1.54) is 0 Å². The molecule has 3 saturated heterocycles. The molecule has 3 heterocycles. The summed E-state index contributed by atoms with van der Waals surface area (Å²) in [6.45, 7) is 5.71. The number of hydrogen-bond donors (Lipinski definition) is 0. The summed E-state index contributed by atoms with van der Waals surface area (Å²) in [5.74, 6) is 1.42. The minimum Gasteiger partial charge on any atom is -0.493 e. The van der Waals surface area contributed by atoms with Crippen molar-refractivity contribution in [2.24, 2.45) is 4.99 Å². The van der Waals surface area contributed by atoms with Crippen LogP contribution >= 0.6 is 0 Å². The van der Waals surface area contributed by atoms with Gasteiger partial charge in [-0.05, 0) is 30.2 Å². The molecular formula is C18H28N2O5Si. The van der Waals surface area contributed by atoms with Crippen molar-refractivity contribution in [1.29, 1.82) is 0 Å². The van der Waals surface area contributed by atoms with Gasteiger partial charge in [-0.3, -0.25) is 9.89 Å². The Kier molecular flexibility index (Phi) is 7.04. The highest BCUT2D eigenvalue weighted by molar-refractivity contribution is 6.60. The monoisotopic (exact) mass is 380 g/mol. The molecule has 0 aliphatic carbocycles. The summed E-state index contributed by atoms with van der Waals surface area (Å²) in [4.78, 5) is 6.85. The highest BCUT2D eigenvalue weighted by Crippen LogP contribution is 2.27. The summed E-state index contributed by atoms with van der Waals surface area (Å²) < 4.78 is 28.7. The molecule has 0 N–H and O–H groups in total. The van der Waals surface area contributed by atoms with Crippen LogP contribution in [0.5, 0.6) is 11.5 Å². The van der Waals surface area contributed by atoms with Gasteiger partial charge in [-0.2, -0.15) is 0 Å². The number of nitrogens with zero attached hydrogens (tertiary/aromatic N) is 2. The second kappa shape index (κ2) is 9.47. The lowest BCUT2D eigenvalue weighted by atomic mass is 10.2. The molecule has 0 radical (unpaired) electrons. The first-order valence-corrected chi connectivity index (χ1v) is 11.0. The number of benzene rings is 1. The van der Waals surface area contributed by atoms with E-state index in [1.807, 2.05) is 24.4 Å². The molecule has 8 heteroatoms. The lowest BCUT2D eigenvalue weighted by Crippen LogP contribution is -2.55. The van der Waals surface area contributed by atoms with Gasteiger partial charge in [-0.25, -0.2) is 0 Å². The van der Waals surface area contributed by atoms with Gasteiger partial charge in [0.15, 0.2) is 11.5 Å². The van der Waals surface area contributed by atoms with Gasteiger partial charge in [0.1, 0.15) is 0 Å². The summed E-state index contributed by atoms with van der Waals surface area (Å²) in [6.07, 6.45) is 2.75. The Balaban J connectivity index is 1.50. The van der Waals surface area contributed by atoms with Crippen LogP contribution in [0.25, 0.3) is 0 Å². The van der Waals surface area contributed by atoms with E-state index in [9.17, 15) is 0 Å². The Labute approximate surface area is 156 Å². The molecule has 0 spiro atoms. The van der Waals surface area contributed by atoms with E-state index in [1.54, 1.807) is 14.2 Å². The van der Waals surface area contributed by atoms with Crippen molar-refractivity contribution in [3.8, 4) is 11.5 Å². The zero-order chi connectivity index (χ0) is 18.2. The molecule has 1 aromatic rings. The van der Waals surface area contributed by atoms with E-state index in [2.05, 4.69) is 9.89 Å². The van der Waals surface area contributed by atoms with E-state index in [0.717, 1.165) is 37.7 Å². The third kappa shape index (κ3) is 5.05. The molecule has 0 saturated carbocycles. The molecule has 7 nitrogen and oxygen atoms in total. The second-order valence-corrected chi connectivity index (χ2v) is 9.06. The highest BCUT2D eigenvalue weighted by atomic mass is 28.4. The van der Waals surface area contributed by atoms with E-state index in [0.29, 0.717) is 37.9 Å². The van der Waals surface area contributed by atoms with Gasteiger partial charge in [0.05, 0.1) is 34.0 Å². The summed E-state index contributed by atoms with van der Waals surface area (Å²) >= 11 is 0. The van der Waals surface area contributed by atoms with Gasteiger partial charge < -0.3 is 22.8 Å². The molecule has 3 fully saturated rings. The smallest absolute Gasteiger partial charge is 0.493 e. The van der Waals surface area contributed by atoms with Crippen molar-refractivity contribution in [1.82, 2.24) is 4.90 Å². The molecular weight excluding hydrogens is 352 g/mol. The first kappa shape index (κ1) is 19.3. The second-order valence-electron chi connectivity index (χ2n) is 6.32. The molecule has 26 heavy (non-hydrogen) atoms. The average molecular weight is 381 g/mol. The van der Waals surface area contributed by atoms with Crippen molar-refractivity contribution in [2.45, 2.75) is 12.5 Å². The first-order valence-electron chi connectivity index (χ1n) is 9.11. The molecule has 144 valence electrons. The molecule has 2 bridgehead atoms. The number of methoxy groups -OCH3 is 2. The van der Waals surface area contributed by atoms with Gasteiger partial charge in [0.2, 0.25) is 0 Å². The summed E-state index contributed by atoms with van der Waals surface area (Å²) in [5.41, 5.74) is 0.985. The largest absolute Gasteiger partial charge is 0.501 e. The predicted octanol–water partition coefficient (Wildman–Crippen LogP) is 1.83. The molecule has 0 unspecified atom stereocenters. The van der Waals surface area contributed by atoms with Crippen molar-refractivity contribution in [3.05, 3.63) is 23.8 Å². The molecule has 0 aromatic heterocycles. The topological polar surface area (TPSA) is 61.8 Å². The van der Waals surface area contributed by atoms with Crippen LogP contribution in [0.4, 0.5) is 0 Å². The number of aliphatic imine (C=N–C) groups is 1. The number of rotatable bonds is 7. The fourth-order valence-electron chi connectivity index (χ4n) is 3.16. The fourth-order valence-corrected chi connectivity index (χ4v) is 5.64. The Morgan fingerprint density at radius 3 is 2.31 bits per heavy atom. The number of ether oxygens (including phenoxy) is 2. The van der Waals surface area contributed by atoms with E-state index < -0.39 is 8.80 Å². The van der Waals surface area contributed by atoms with Crippen molar-refractivity contribution >= 4 is 15.0 Å². The van der Waals surface area contributed by atoms with Crippen molar-refractivity contribution in [3.63, 3.8) is 0 Å². The van der Waals surface area contributed by atoms with Crippen LogP contribution in [-0.2, 0) is 13.3 Å². The van der Waals surface area contributed by atoms with Crippen LogP contribution in [0.2, 0.25) is 6.04 Å². The molecule has 4 rings (SSSR count). The standard InChI is InChI=1S/C18H28N2O5Si/c1-21-17-5-4-16(14-18(17)22-2)15-19-6-3-13-26-23-10-7-20(8-11-24-26)9-12-25-26/h4-5,14-15H,3,6-13H2,1-2H3. The molecule has 0 amide bonds. The zero-order valence-corrected chi connectivity index (χ0v) is 16.6. The van der Waals surface area contributed by atoms with E-state index in [-0.39, 0.29) is 0 Å². The van der Waals surface area contributed by atoms with E-state index in [4.69, 9.17) is 22.8 Å². The van der Waals surface area contributed by atoms with Crippen LogP contribution < -0.4 is 9.47 Å². The average Bonchev–Trinajstić information content (AvgIpc) is 2.61. The van der Waals surface area contributed by atoms with Crippen molar-refractivity contribution in [2.75, 3.05) is 60.2 Å². The van der Waals surface area contributed by atoms with Crippen LogP contribution in [0.15, 0.2) is 23.2 Å². The van der Waals surface area contributed by atoms with Crippen molar-refractivity contribution < 1.29 is 22.8 Å². The van der Waals surface area contributed by atoms with Gasteiger partial charge in [0, 0.05) is 38.4 Å². The summed E-state index contributed by atoms with van der Waals surface area (Å²) in [7, 11) is 0.739. The number of hydrogen-bond acceptors (Lipinski definition) is 7. The normalized spacial score (nSPS) is 26.3. The van der Waals surface area contributed by atoms with Crippen LogP contribution in [0.1, 0.15) is 12.0 Å². The predicted molar refractivity (Wildman–Crippen MR) is 101 cm³/mol. The first-order chi connectivity index (χ1) is 12.7. The minimum atomic E-state index is -2.52. The van der Waals surface area contributed by atoms with Crippen LogP contribution in [0, 0.1) is 0 Å². The Morgan fingerprint density at radius 2 is 1.69 bits per heavy atom. The van der Waals surface area contributed by atoms with Gasteiger partial charge >= 0.3 is 8.80 Å². The minimum absolute atomic E-state index is 0.696. The molecule has 1 aromatic carbocycles. The van der Waals surface area contributed by atoms with Gasteiger partial charge in [-0.1, -0.05) is 0 Å². The van der Waals surface area contributed by atoms with Gasteiger partial charge in [-0.15, -0.1) is 0 Å². The quantitative estimate of drug-likeness (QED) is 0.409. The number of fused-ring (bicyclic) bond motifs is 6. The lowest BCUT2D eigenvalue weighted by molar-refractivity contribution is -0.00841. The zero-order valence-electron chi connectivity index (χ0n) is 15.6. The SMILES string of the molecule is COc1ccc(C=NCCC[Si]23OCCN(CCO2)CCO3)cc1OC. The third-order valence-electron chi connectivity index (χ3n) is 4.61. The molecule has 0 atom stereocenters. The maximum atomic E-state index is 6.03. The maximum Gasteiger partial charge on any atom is 0.501 e. The Hall–Kier alpha value is -1.45. The third-order valence-corrected chi connectivity index (χ3v) is 7.50. The summed E-state index contributed by atoms with van der Waals surface area (Å²) in [6, 6.07) is 6.58. The van der Waals surface area contributed by atoms with Crippen LogP contribution in [0.3, 0.4) is 0 Å². The van der Waals surface area contributed by atoms with Crippen LogP contribution in [-0.4, -0.2) is 80.1 Å². The Bertz CT molecular complexity index is 587. The molecule has 3 aliphatic heterocycles. The highest BCUT2D eigenvalue weighted by Gasteiger charge is 2.43. The maximum absolute atomic E-state index is 6.03. The Morgan fingerprint density at radius 1 is 1.04 bits per heavy atom. The lowest BCUT2D eigenvalue weighted by Gasteiger charge is -2.38. The fraction of sp³-hybridized carbons (Fsp3) is 0.611. The molecule has 3 aliphatic rings.